The highest BCUT2D eigenvalue weighted by atomic mass is 32.1. The van der Waals surface area contributed by atoms with Crippen LogP contribution in [0.3, 0.4) is 0 Å². The average Bonchev–Trinajstić information content (AvgIpc) is 1.60. The molecule has 0 aliphatic heterocycles. The minimum Gasteiger partial charge on any atom is -0.368 e. The molecule has 2 N–H and O–H groups in total. The molecule has 0 amide bonds. The zero-order valence-corrected chi connectivity index (χ0v) is 7.60. The lowest BCUT2D eigenvalue weighted by Crippen LogP contribution is -2.33. The van der Waals surface area contributed by atoms with Gasteiger partial charge in [-0.1, -0.05) is 20.8 Å². The minimum absolute atomic E-state index is 0.0874. The molecule has 0 radical (unpaired) electrons. The van der Waals surface area contributed by atoms with Gasteiger partial charge < -0.3 is 10.2 Å². The van der Waals surface area contributed by atoms with Crippen LogP contribution in [0.25, 0.3) is 0 Å². The number of rotatable bonds is 2. The lowest BCUT2D eigenvalue weighted by atomic mass is 9.81. The van der Waals surface area contributed by atoms with Crippen molar-refractivity contribution in [1.82, 2.24) is 0 Å². The molecule has 0 aromatic rings. The molecule has 1 atom stereocenters. The Balaban J connectivity index is 4.07. The van der Waals surface area contributed by atoms with Gasteiger partial charge in [0.1, 0.15) is 0 Å². The lowest BCUT2D eigenvalue weighted by Gasteiger charge is -2.30. The number of thiol groups is 1. The Labute approximate surface area is 67.7 Å². The average molecular weight is 164 g/mol. The van der Waals surface area contributed by atoms with E-state index in [0.717, 1.165) is 0 Å². The van der Waals surface area contributed by atoms with E-state index < -0.39 is 6.29 Å². The summed E-state index contributed by atoms with van der Waals surface area (Å²) >= 11 is 4.03. The maximum absolute atomic E-state index is 8.85. The van der Waals surface area contributed by atoms with Gasteiger partial charge in [-0.2, -0.15) is 12.6 Å². The Morgan fingerprint density at radius 2 is 1.70 bits per heavy atom. The van der Waals surface area contributed by atoms with Crippen molar-refractivity contribution in [3.8, 4) is 0 Å². The molecular weight excluding hydrogens is 148 g/mol. The zero-order valence-electron chi connectivity index (χ0n) is 6.70. The predicted octanol–water partition coefficient (Wildman–Crippen LogP) is 0.889. The van der Waals surface area contributed by atoms with E-state index in [9.17, 15) is 0 Å². The first kappa shape index (κ1) is 10.3. The van der Waals surface area contributed by atoms with Gasteiger partial charge in [0.05, 0.1) is 0 Å². The molecule has 0 heterocycles. The summed E-state index contributed by atoms with van der Waals surface area (Å²) in [7, 11) is 0. The van der Waals surface area contributed by atoms with Crippen molar-refractivity contribution in [2.75, 3.05) is 5.75 Å². The highest BCUT2D eigenvalue weighted by Gasteiger charge is 2.28. The second-order valence-electron chi connectivity index (χ2n) is 3.57. The van der Waals surface area contributed by atoms with Crippen molar-refractivity contribution in [1.29, 1.82) is 0 Å². The molecule has 0 aliphatic carbocycles. The van der Waals surface area contributed by atoms with Crippen LogP contribution < -0.4 is 0 Å². The number of aliphatic hydroxyl groups excluding tert-OH is 1. The van der Waals surface area contributed by atoms with Crippen LogP contribution in [0.5, 0.6) is 0 Å². The first-order chi connectivity index (χ1) is 4.39. The number of hydrogen-bond donors (Lipinski definition) is 3. The molecule has 0 rings (SSSR count). The van der Waals surface area contributed by atoms with Crippen LogP contribution in [0.2, 0.25) is 0 Å². The normalized spacial score (nSPS) is 15.9. The van der Waals surface area contributed by atoms with Crippen molar-refractivity contribution in [3.05, 3.63) is 0 Å². The van der Waals surface area contributed by atoms with Gasteiger partial charge in [0.15, 0.2) is 6.29 Å². The monoisotopic (exact) mass is 164 g/mol. The smallest absolute Gasteiger partial charge is 0.155 e. The summed E-state index contributed by atoms with van der Waals surface area (Å²) in [6.45, 7) is 5.90. The maximum atomic E-state index is 8.85. The van der Waals surface area contributed by atoms with Crippen LogP contribution >= 0.6 is 12.6 Å². The van der Waals surface area contributed by atoms with Crippen LogP contribution in [-0.4, -0.2) is 22.3 Å². The van der Waals surface area contributed by atoms with Crippen molar-refractivity contribution in [2.24, 2.45) is 11.3 Å². The van der Waals surface area contributed by atoms with E-state index in [-0.39, 0.29) is 11.3 Å². The van der Waals surface area contributed by atoms with Gasteiger partial charge in [0, 0.05) is 5.92 Å². The third-order valence-corrected chi connectivity index (χ3v) is 2.06. The van der Waals surface area contributed by atoms with E-state index in [1.807, 2.05) is 20.8 Å². The van der Waals surface area contributed by atoms with E-state index in [1.54, 1.807) is 0 Å². The Hall–Kier alpha value is 0.270. The van der Waals surface area contributed by atoms with Gasteiger partial charge in [0.2, 0.25) is 0 Å². The zero-order chi connectivity index (χ0) is 8.36. The molecule has 0 saturated heterocycles. The quantitative estimate of drug-likeness (QED) is 0.419. The largest absolute Gasteiger partial charge is 0.368 e. The highest BCUT2D eigenvalue weighted by molar-refractivity contribution is 7.80. The third kappa shape index (κ3) is 2.90. The fourth-order valence-corrected chi connectivity index (χ4v) is 1.55. The topological polar surface area (TPSA) is 40.5 Å². The van der Waals surface area contributed by atoms with Crippen LogP contribution in [0.4, 0.5) is 0 Å². The fraction of sp³-hybridized carbons (Fsp3) is 1.00. The summed E-state index contributed by atoms with van der Waals surface area (Å²) in [5.74, 6) is 0.345. The first-order valence-corrected chi connectivity index (χ1v) is 4.00. The third-order valence-electron chi connectivity index (χ3n) is 1.67. The Bertz CT molecular complexity index is 96.3. The van der Waals surface area contributed by atoms with Crippen LogP contribution in [0.15, 0.2) is 0 Å². The van der Waals surface area contributed by atoms with Gasteiger partial charge in [-0.25, -0.2) is 0 Å². The SMILES string of the molecule is CC(C)(C)C(CS)C(O)O. The number of hydrogen-bond acceptors (Lipinski definition) is 3. The molecule has 0 spiro atoms. The van der Waals surface area contributed by atoms with E-state index in [2.05, 4.69) is 12.6 Å². The van der Waals surface area contributed by atoms with Crippen LogP contribution in [-0.2, 0) is 0 Å². The Morgan fingerprint density at radius 3 is 1.70 bits per heavy atom. The summed E-state index contributed by atoms with van der Waals surface area (Å²) in [6.07, 6.45) is -1.25. The molecule has 1 unspecified atom stereocenters. The lowest BCUT2D eigenvalue weighted by molar-refractivity contribution is -0.105. The molecule has 0 aromatic heterocycles. The van der Waals surface area contributed by atoms with Crippen molar-refractivity contribution >= 4 is 12.6 Å². The Morgan fingerprint density at radius 1 is 1.30 bits per heavy atom. The standard InChI is InChI=1S/C7H16O2S/c1-7(2,3)5(4-10)6(8)9/h5-6,8-10H,4H2,1-3H3. The number of aliphatic hydroxyl groups is 2. The molecule has 62 valence electrons. The van der Waals surface area contributed by atoms with Crippen LogP contribution in [0, 0.1) is 11.3 Å². The summed E-state index contributed by atoms with van der Waals surface area (Å²) < 4.78 is 0. The van der Waals surface area contributed by atoms with E-state index >= 15 is 0 Å². The summed E-state index contributed by atoms with van der Waals surface area (Å²) in [4.78, 5) is 0. The summed E-state index contributed by atoms with van der Waals surface area (Å²) in [6, 6.07) is 0. The highest BCUT2D eigenvalue weighted by Crippen LogP contribution is 2.28. The van der Waals surface area contributed by atoms with Crippen molar-refractivity contribution < 1.29 is 10.2 Å². The minimum atomic E-state index is -1.25. The Kier molecular flexibility index (Phi) is 3.70. The van der Waals surface area contributed by atoms with Gasteiger partial charge in [-0.3, -0.25) is 0 Å². The van der Waals surface area contributed by atoms with Crippen molar-refractivity contribution in [3.63, 3.8) is 0 Å². The van der Waals surface area contributed by atoms with Gasteiger partial charge >= 0.3 is 0 Å². The molecule has 10 heavy (non-hydrogen) atoms. The van der Waals surface area contributed by atoms with Crippen molar-refractivity contribution in [2.45, 2.75) is 27.1 Å². The first-order valence-electron chi connectivity index (χ1n) is 3.36. The van der Waals surface area contributed by atoms with E-state index in [0.29, 0.717) is 5.75 Å². The van der Waals surface area contributed by atoms with Crippen LogP contribution in [0.1, 0.15) is 20.8 Å². The van der Waals surface area contributed by atoms with Gasteiger partial charge in [-0.05, 0) is 11.2 Å². The molecule has 2 nitrogen and oxygen atoms in total. The maximum Gasteiger partial charge on any atom is 0.155 e. The summed E-state index contributed by atoms with van der Waals surface area (Å²) in [5.41, 5.74) is -0.0874. The second kappa shape index (κ2) is 3.60. The predicted molar refractivity (Wildman–Crippen MR) is 45.0 cm³/mol. The second-order valence-corrected chi connectivity index (χ2v) is 3.93. The van der Waals surface area contributed by atoms with E-state index in [4.69, 9.17) is 10.2 Å². The van der Waals surface area contributed by atoms with E-state index in [1.165, 1.54) is 0 Å². The molecule has 0 saturated carbocycles. The van der Waals surface area contributed by atoms with Gasteiger partial charge in [0.25, 0.3) is 0 Å². The summed E-state index contributed by atoms with van der Waals surface area (Å²) in [5, 5.41) is 17.7. The molecule has 0 aromatic carbocycles. The fourth-order valence-electron chi connectivity index (χ4n) is 0.815. The molecule has 3 heteroatoms. The molecule has 0 fully saturated rings. The molecule has 0 aliphatic rings. The molecular formula is C7H16O2S. The molecule has 0 bridgehead atoms. The van der Waals surface area contributed by atoms with Gasteiger partial charge in [-0.15, -0.1) is 0 Å².